The van der Waals surface area contributed by atoms with Crippen LogP contribution >= 0.6 is 0 Å². The molecule has 1 heterocycles. The SMILES string of the molecule is CC1CC(C)N(CCCCCCN)C1. The molecule has 2 atom stereocenters. The van der Waals surface area contributed by atoms with Crippen molar-refractivity contribution >= 4 is 0 Å². The minimum Gasteiger partial charge on any atom is -0.330 e. The van der Waals surface area contributed by atoms with Crippen LogP contribution in [0.5, 0.6) is 0 Å². The van der Waals surface area contributed by atoms with Crippen LogP contribution in [0.2, 0.25) is 0 Å². The molecule has 84 valence electrons. The molecule has 0 aromatic heterocycles. The molecular formula is C12H26N2. The van der Waals surface area contributed by atoms with Crippen LogP contribution in [0.15, 0.2) is 0 Å². The lowest BCUT2D eigenvalue weighted by atomic mass is 10.1. The molecule has 1 rings (SSSR count). The molecule has 0 amide bonds. The highest BCUT2D eigenvalue weighted by molar-refractivity contribution is 4.79. The van der Waals surface area contributed by atoms with Crippen molar-refractivity contribution in [3.05, 3.63) is 0 Å². The second-order valence-electron chi connectivity index (χ2n) is 4.89. The molecule has 0 aliphatic carbocycles. The largest absolute Gasteiger partial charge is 0.330 e. The van der Waals surface area contributed by atoms with Crippen molar-refractivity contribution in [2.75, 3.05) is 19.6 Å². The fourth-order valence-corrected chi connectivity index (χ4v) is 2.51. The van der Waals surface area contributed by atoms with Crippen LogP contribution < -0.4 is 5.73 Å². The highest BCUT2D eigenvalue weighted by Gasteiger charge is 2.24. The molecule has 0 aromatic rings. The lowest BCUT2D eigenvalue weighted by Gasteiger charge is -2.20. The zero-order chi connectivity index (χ0) is 10.4. The summed E-state index contributed by atoms with van der Waals surface area (Å²) in [5, 5.41) is 0. The number of likely N-dealkylation sites (tertiary alicyclic amines) is 1. The van der Waals surface area contributed by atoms with E-state index in [0.29, 0.717) is 0 Å². The zero-order valence-electron chi connectivity index (χ0n) is 9.84. The molecule has 2 heteroatoms. The molecule has 1 saturated heterocycles. The standard InChI is InChI=1S/C12H26N2/c1-11-9-12(2)14(10-11)8-6-4-3-5-7-13/h11-12H,3-10,13H2,1-2H3. The van der Waals surface area contributed by atoms with Crippen LogP contribution in [0.1, 0.15) is 46.0 Å². The van der Waals surface area contributed by atoms with Gasteiger partial charge in [0, 0.05) is 12.6 Å². The van der Waals surface area contributed by atoms with Crippen LogP contribution in [0, 0.1) is 5.92 Å². The highest BCUT2D eigenvalue weighted by Crippen LogP contribution is 2.22. The Hall–Kier alpha value is -0.0800. The van der Waals surface area contributed by atoms with Crippen LogP contribution in [0.3, 0.4) is 0 Å². The molecule has 1 fully saturated rings. The second kappa shape index (κ2) is 6.41. The third-order valence-electron chi connectivity index (χ3n) is 3.31. The third-order valence-corrected chi connectivity index (χ3v) is 3.31. The first-order valence-electron chi connectivity index (χ1n) is 6.18. The van der Waals surface area contributed by atoms with Crippen molar-refractivity contribution in [1.82, 2.24) is 4.90 Å². The Kier molecular flexibility index (Phi) is 5.49. The monoisotopic (exact) mass is 198 g/mol. The van der Waals surface area contributed by atoms with E-state index in [1.165, 1.54) is 45.2 Å². The minimum atomic E-state index is 0.819. The molecule has 14 heavy (non-hydrogen) atoms. The second-order valence-corrected chi connectivity index (χ2v) is 4.89. The first kappa shape index (κ1) is 12.0. The van der Waals surface area contributed by atoms with Crippen molar-refractivity contribution in [2.24, 2.45) is 11.7 Å². The number of unbranched alkanes of at least 4 members (excludes halogenated alkanes) is 3. The van der Waals surface area contributed by atoms with Crippen LogP contribution in [0.4, 0.5) is 0 Å². The Labute approximate surface area is 88.8 Å². The fourth-order valence-electron chi connectivity index (χ4n) is 2.51. The summed E-state index contributed by atoms with van der Waals surface area (Å²) in [6, 6.07) is 0.819. The van der Waals surface area contributed by atoms with Crippen LogP contribution in [-0.4, -0.2) is 30.6 Å². The molecule has 0 radical (unpaired) electrons. The van der Waals surface area contributed by atoms with Gasteiger partial charge in [-0.15, -0.1) is 0 Å². The summed E-state index contributed by atoms with van der Waals surface area (Å²) < 4.78 is 0. The highest BCUT2D eigenvalue weighted by atomic mass is 15.2. The van der Waals surface area contributed by atoms with E-state index in [1.54, 1.807) is 0 Å². The summed E-state index contributed by atoms with van der Waals surface area (Å²) in [6.07, 6.45) is 6.62. The van der Waals surface area contributed by atoms with Gasteiger partial charge in [0.2, 0.25) is 0 Å². The van der Waals surface area contributed by atoms with Gasteiger partial charge in [0.05, 0.1) is 0 Å². The molecule has 1 aliphatic rings. The molecule has 0 aromatic carbocycles. The first-order valence-corrected chi connectivity index (χ1v) is 6.18. The van der Waals surface area contributed by atoms with Gasteiger partial charge in [-0.2, -0.15) is 0 Å². The first-order chi connectivity index (χ1) is 6.74. The summed E-state index contributed by atoms with van der Waals surface area (Å²) in [7, 11) is 0. The maximum absolute atomic E-state index is 5.46. The molecular weight excluding hydrogens is 172 g/mol. The predicted octanol–water partition coefficient (Wildman–Crippen LogP) is 2.24. The average molecular weight is 198 g/mol. The molecule has 0 spiro atoms. The van der Waals surface area contributed by atoms with Crippen molar-refractivity contribution in [2.45, 2.75) is 52.0 Å². The van der Waals surface area contributed by atoms with Gasteiger partial charge in [-0.1, -0.05) is 19.8 Å². The number of rotatable bonds is 6. The third kappa shape index (κ3) is 3.97. The molecule has 2 nitrogen and oxygen atoms in total. The van der Waals surface area contributed by atoms with E-state index >= 15 is 0 Å². The summed E-state index contributed by atoms with van der Waals surface area (Å²) in [6.45, 7) is 8.21. The Morgan fingerprint density at radius 3 is 2.43 bits per heavy atom. The van der Waals surface area contributed by atoms with E-state index in [1.807, 2.05) is 0 Å². The van der Waals surface area contributed by atoms with Gasteiger partial charge in [0.1, 0.15) is 0 Å². The van der Waals surface area contributed by atoms with Gasteiger partial charge in [-0.05, 0) is 45.2 Å². The van der Waals surface area contributed by atoms with Crippen molar-refractivity contribution in [1.29, 1.82) is 0 Å². The summed E-state index contributed by atoms with van der Waals surface area (Å²) >= 11 is 0. The van der Waals surface area contributed by atoms with Gasteiger partial charge >= 0.3 is 0 Å². The summed E-state index contributed by atoms with van der Waals surface area (Å²) in [5.74, 6) is 0.911. The van der Waals surface area contributed by atoms with Gasteiger partial charge < -0.3 is 10.6 Å². The quantitative estimate of drug-likeness (QED) is 0.663. The molecule has 0 saturated carbocycles. The maximum Gasteiger partial charge on any atom is 0.00700 e. The van der Waals surface area contributed by atoms with Crippen LogP contribution in [-0.2, 0) is 0 Å². The minimum absolute atomic E-state index is 0.819. The molecule has 0 bridgehead atoms. The van der Waals surface area contributed by atoms with Gasteiger partial charge in [0.15, 0.2) is 0 Å². The Morgan fingerprint density at radius 2 is 1.86 bits per heavy atom. The van der Waals surface area contributed by atoms with E-state index in [2.05, 4.69) is 18.7 Å². The van der Waals surface area contributed by atoms with Gasteiger partial charge in [-0.3, -0.25) is 0 Å². The van der Waals surface area contributed by atoms with Gasteiger partial charge in [0.25, 0.3) is 0 Å². The van der Waals surface area contributed by atoms with E-state index < -0.39 is 0 Å². The Bertz CT molecular complexity index is 147. The van der Waals surface area contributed by atoms with E-state index in [4.69, 9.17) is 5.73 Å². The Morgan fingerprint density at radius 1 is 1.14 bits per heavy atom. The van der Waals surface area contributed by atoms with E-state index in [0.717, 1.165) is 18.5 Å². The van der Waals surface area contributed by atoms with Crippen molar-refractivity contribution in [3.8, 4) is 0 Å². The summed E-state index contributed by atoms with van der Waals surface area (Å²) in [4.78, 5) is 2.65. The molecule has 1 aliphatic heterocycles. The lowest BCUT2D eigenvalue weighted by molar-refractivity contribution is 0.258. The lowest BCUT2D eigenvalue weighted by Crippen LogP contribution is -2.28. The fraction of sp³-hybridized carbons (Fsp3) is 1.00. The van der Waals surface area contributed by atoms with Crippen molar-refractivity contribution < 1.29 is 0 Å². The predicted molar refractivity (Wildman–Crippen MR) is 62.3 cm³/mol. The zero-order valence-corrected chi connectivity index (χ0v) is 9.84. The van der Waals surface area contributed by atoms with Crippen molar-refractivity contribution in [3.63, 3.8) is 0 Å². The number of nitrogens with zero attached hydrogens (tertiary/aromatic N) is 1. The Balaban J connectivity index is 2.01. The smallest absolute Gasteiger partial charge is 0.00700 e. The molecule has 2 unspecified atom stereocenters. The number of hydrogen-bond donors (Lipinski definition) is 1. The van der Waals surface area contributed by atoms with Gasteiger partial charge in [-0.25, -0.2) is 0 Å². The topological polar surface area (TPSA) is 29.3 Å². The van der Waals surface area contributed by atoms with E-state index in [-0.39, 0.29) is 0 Å². The number of nitrogens with two attached hydrogens (primary N) is 1. The average Bonchev–Trinajstić information content (AvgIpc) is 2.45. The normalized spacial score (nSPS) is 28.5. The summed E-state index contributed by atoms with van der Waals surface area (Å²) in [5.41, 5.74) is 5.46. The number of hydrogen-bond acceptors (Lipinski definition) is 2. The van der Waals surface area contributed by atoms with E-state index in [9.17, 15) is 0 Å². The molecule has 2 N–H and O–H groups in total. The maximum atomic E-state index is 5.46. The van der Waals surface area contributed by atoms with Crippen LogP contribution in [0.25, 0.3) is 0 Å².